The van der Waals surface area contributed by atoms with Gasteiger partial charge in [-0.2, -0.15) is 0 Å². The Morgan fingerprint density at radius 3 is 2.48 bits per heavy atom. The maximum Gasteiger partial charge on any atom is 0.216 e. The highest BCUT2D eigenvalue weighted by Crippen LogP contribution is 2.28. The van der Waals surface area contributed by atoms with E-state index in [1.165, 1.54) is 12.8 Å². The summed E-state index contributed by atoms with van der Waals surface area (Å²) in [6.45, 7) is 9.37. The average molecular weight is 425 g/mol. The number of sulfonamides is 1. The molecule has 1 aromatic rings. The topological polar surface area (TPSA) is 83.0 Å². The molecule has 0 atom stereocenters. The molecule has 7 nitrogen and oxygen atoms in total. The molecule has 1 saturated carbocycles. The van der Waals surface area contributed by atoms with Gasteiger partial charge in [-0.3, -0.25) is 0 Å². The van der Waals surface area contributed by atoms with Crippen LogP contribution in [0.25, 0.3) is 0 Å². The van der Waals surface area contributed by atoms with Crippen molar-refractivity contribution in [1.29, 1.82) is 0 Å². The fourth-order valence-electron chi connectivity index (χ4n) is 2.84. The fourth-order valence-corrected chi connectivity index (χ4v) is 4.27. The number of aliphatic imine (C=N–C) groups is 1. The smallest absolute Gasteiger partial charge is 0.216 e. The van der Waals surface area contributed by atoms with E-state index in [-0.39, 0.29) is 11.8 Å². The van der Waals surface area contributed by atoms with E-state index in [2.05, 4.69) is 14.9 Å². The molecule has 1 aliphatic rings. The Morgan fingerprint density at radius 2 is 1.90 bits per heavy atom. The van der Waals surface area contributed by atoms with Crippen LogP contribution in [0.1, 0.15) is 44.7 Å². The molecule has 1 fully saturated rings. The minimum atomic E-state index is -3.31. The number of hydrogen-bond acceptors (Lipinski definition) is 4. The van der Waals surface area contributed by atoms with E-state index in [4.69, 9.17) is 9.73 Å². The molecule has 1 aliphatic carbocycles. The molecule has 2 N–H and O–H groups in total. The van der Waals surface area contributed by atoms with E-state index in [0.29, 0.717) is 13.2 Å². The molecule has 164 valence electrons. The summed E-state index contributed by atoms with van der Waals surface area (Å²) in [4.78, 5) is 6.78. The molecule has 1 aromatic carbocycles. The van der Waals surface area contributed by atoms with Crippen LogP contribution in [0, 0.1) is 5.92 Å². The first-order chi connectivity index (χ1) is 13.8. The zero-order chi connectivity index (χ0) is 21.3. The molecule has 8 heteroatoms. The third kappa shape index (κ3) is 9.60. The van der Waals surface area contributed by atoms with Crippen LogP contribution in [0.15, 0.2) is 29.3 Å². The summed E-state index contributed by atoms with van der Waals surface area (Å²) < 4.78 is 32.4. The fraction of sp³-hybridized carbons (Fsp3) is 0.667. The second kappa shape index (κ2) is 11.5. The van der Waals surface area contributed by atoms with Crippen molar-refractivity contribution in [2.75, 3.05) is 33.4 Å². The number of hydrogen-bond donors (Lipinski definition) is 2. The van der Waals surface area contributed by atoms with Crippen LogP contribution in [0.4, 0.5) is 0 Å². The third-order valence-corrected chi connectivity index (χ3v) is 6.07. The van der Waals surface area contributed by atoms with Crippen LogP contribution >= 0.6 is 0 Å². The van der Waals surface area contributed by atoms with Gasteiger partial charge in [-0.1, -0.05) is 24.3 Å². The largest absolute Gasteiger partial charge is 0.379 e. The molecular weight excluding hydrogens is 388 g/mol. The highest BCUT2D eigenvalue weighted by molar-refractivity contribution is 7.88. The van der Waals surface area contributed by atoms with Gasteiger partial charge >= 0.3 is 0 Å². The maximum absolute atomic E-state index is 12.0. The first kappa shape index (κ1) is 23.6. The maximum atomic E-state index is 12.0. The predicted octanol–water partition coefficient (Wildman–Crippen LogP) is 2.34. The van der Waals surface area contributed by atoms with Crippen LogP contribution in [0.2, 0.25) is 0 Å². The van der Waals surface area contributed by atoms with Crippen LogP contribution in [-0.2, 0) is 27.1 Å². The number of nitrogens with zero attached hydrogens (tertiary/aromatic N) is 2. The molecule has 0 amide bonds. The van der Waals surface area contributed by atoms with Gasteiger partial charge in [0, 0.05) is 32.8 Å². The number of likely N-dealkylation sites (N-methyl/N-ethyl adjacent to an activating group) is 1. The standard InChI is InChI=1S/C21H36N4O3S/c1-5-22-21(25(4)12-13-28-15-19-8-9-19)23-14-18-6-10-20(11-7-18)16-29(26,27)24-17(2)3/h6-7,10-11,17,19,24H,5,8-9,12-16H2,1-4H3,(H,22,23). The van der Waals surface area contributed by atoms with Gasteiger partial charge in [0.25, 0.3) is 0 Å². The highest BCUT2D eigenvalue weighted by Gasteiger charge is 2.21. The lowest BCUT2D eigenvalue weighted by atomic mass is 10.1. The van der Waals surface area contributed by atoms with Crippen molar-refractivity contribution < 1.29 is 13.2 Å². The molecule has 0 radical (unpaired) electrons. The molecule has 0 heterocycles. The Bertz CT molecular complexity index is 744. The summed E-state index contributed by atoms with van der Waals surface area (Å²) in [5.74, 6) is 1.61. The lowest BCUT2D eigenvalue weighted by Gasteiger charge is -2.22. The number of rotatable bonds is 12. The third-order valence-electron chi connectivity index (χ3n) is 4.52. The quantitative estimate of drug-likeness (QED) is 0.306. The van der Waals surface area contributed by atoms with Gasteiger partial charge in [0.15, 0.2) is 5.96 Å². The first-order valence-corrected chi connectivity index (χ1v) is 12.1. The van der Waals surface area contributed by atoms with E-state index in [9.17, 15) is 8.42 Å². The number of nitrogens with one attached hydrogen (secondary N) is 2. The van der Waals surface area contributed by atoms with Crippen LogP contribution in [-0.4, -0.2) is 58.7 Å². The number of benzene rings is 1. The summed E-state index contributed by atoms with van der Waals surface area (Å²) in [5.41, 5.74) is 1.81. The lowest BCUT2D eigenvalue weighted by Crippen LogP contribution is -2.40. The summed E-state index contributed by atoms with van der Waals surface area (Å²) in [6.07, 6.45) is 2.61. The van der Waals surface area contributed by atoms with Gasteiger partial charge in [-0.15, -0.1) is 0 Å². The van der Waals surface area contributed by atoms with Crippen molar-refractivity contribution in [1.82, 2.24) is 14.9 Å². The molecule has 2 rings (SSSR count). The highest BCUT2D eigenvalue weighted by atomic mass is 32.2. The molecule has 0 bridgehead atoms. The summed E-state index contributed by atoms with van der Waals surface area (Å²) >= 11 is 0. The monoisotopic (exact) mass is 424 g/mol. The molecular formula is C21H36N4O3S. The zero-order valence-electron chi connectivity index (χ0n) is 18.1. The van der Waals surface area contributed by atoms with Gasteiger partial charge in [-0.05, 0) is 50.7 Å². The number of ether oxygens (including phenoxy) is 1. The van der Waals surface area contributed by atoms with Crippen molar-refractivity contribution in [3.8, 4) is 0 Å². The normalized spacial score (nSPS) is 15.0. The van der Waals surface area contributed by atoms with E-state index in [1.807, 2.05) is 52.1 Å². The second-order valence-corrected chi connectivity index (χ2v) is 9.71. The molecule has 0 saturated heterocycles. The van der Waals surface area contributed by atoms with Gasteiger partial charge < -0.3 is 15.0 Å². The van der Waals surface area contributed by atoms with Crippen LogP contribution in [0.5, 0.6) is 0 Å². The predicted molar refractivity (Wildman–Crippen MR) is 118 cm³/mol. The Hall–Kier alpha value is -1.64. The zero-order valence-corrected chi connectivity index (χ0v) is 19.0. The molecule has 0 aromatic heterocycles. The SMILES string of the molecule is CCNC(=NCc1ccc(CS(=O)(=O)NC(C)C)cc1)N(C)CCOCC1CC1. The minimum absolute atomic E-state index is 0.0129. The molecule has 0 aliphatic heterocycles. The first-order valence-electron chi connectivity index (χ1n) is 10.4. The van der Waals surface area contributed by atoms with E-state index in [1.54, 1.807) is 0 Å². The van der Waals surface area contributed by atoms with Crippen molar-refractivity contribution >= 4 is 16.0 Å². The number of guanidine groups is 1. The van der Waals surface area contributed by atoms with Crippen molar-refractivity contribution in [3.63, 3.8) is 0 Å². The van der Waals surface area contributed by atoms with Crippen molar-refractivity contribution in [2.24, 2.45) is 10.9 Å². The molecule has 0 unspecified atom stereocenters. The van der Waals surface area contributed by atoms with E-state index >= 15 is 0 Å². The van der Waals surface area contributed by atoms with Gasteiger partial charge in [0.2, 0.25) is 10.0 Å². The summed E-state index contributed by atoms with van der Waals surface area (Å²) in [7, 11) is -1.30. The lowest BCUT2D eigenvalue weighted by molar-refractivity contribution is 0.115. The van der Waals surface area contributed by atoms with Gasteiger partial charge in [0.05, 0.1) is 18.9 Å². The minimum Gasteiger partial charge on any atom is -0.379 e. The van der Waals surface area contributed by atoms with Gasteiger partial charge in [0.1, 0.15) is 0 Å². The summed E-state index contributed by atoms with van der Waals surface area (Å²) in [5, 5.41) is 3.31. The summed E-state index contributed by atoms with van der Waals surface area (Å²) in [6, 6.07) is 7.48. The second-order valence-electron chi connectivity index (χ2n) is 7.96. The van der Waals surface area contributed by atoms with Crippen LogP contribution in [0.3, 0.4) is 0 Å². The van der Waals surface area contributed by atoms with E-state index in [0.717, 1.165) is 42.7 Å². The van der Waals surface area contributed by atoms with Gasteiger partial charge in [-0.25, -0.2) is 18.1 Å². The van der Waals surface area contributed by atoms with Crippen molar-refractivity contribution in [3.05, 3.63) is 35.4 Å². The Balaban J connectivity index is 1.87. The van der Waals surface area contributed by atoms with Crippen molar-refractivity contribution in [2.45, 2.75) is 52.0 Å². The molecule has 0 spiro atoms. The molecule has 29 heavy (non-hydrogen) atoms. The van der Waals surface area contributed by atoms with E-state index < -0.39 is 10.0 Å². The Morgan fingerprint density at radius 1 is 1.24 bits per heavy atom. The average Bonchev–Trinajstić information content (AvgIpc) is 3.46. The van der Waals surface area contributed by atoms with Crippen LogP contribution < -0.4 is 10.0 Å². The Kier molecular flexibility index (Phi) is 9.39. The Labute approximate surface area is 176 Å².